The Hall–Kier alpha value is -3.86. The molecule has 1 heterocycles. The molecule has 4 aromatic rings. The maximum absolute atomic E-state index is 12.2. The number of hydrogen-bond donors (Lipinski definition) is 1. The fourth-order valence-electron chi connectivity index (χ4n) is 3.54. The highest BCUT2D eigenvalue weighted by Crippen LogP contribution is 2.27. The van der Waals surface area contributed by atoms with Crippen LogP contribution in [0.3, 0.4) is 0 Å². The van der Waals surface area contributed by atoms with Gasteiger partial charge in [-0.2, -0.15) is 0 Å². The van der Waals surface area contributed by atoms with Crippen LogP contribution >= 0.6 is 0 Å². The molecule has 0 amide bonds. The maximum Gasteiger partial charge on any atom is 0.307 e. The molecule has 1 atom stereocenters. The smallest absolute Gasteiger partial charge is 0.307 e. The van der Waals surface area contributed by atoms with E-state index < -0.39 is 17.9 Å². The lowest BCUT2D eigenvalue weighted by Gasteiger charge is -2.11. The van der Waals surface area contributed by atoms with Crippen molar-refractivity contribution in [2.75, 3.05) is 0 Å². The molecule has 0 aliphatic carbocycles. The number of carbonyl (C=O) groups is 2. The van der Waals surface area contributed by atoms with Gasteiger partial charge in [-0.15, -0.1) is 0 Å². The summed E-state index contributed by atoms with van der Waals surface area (Å²) in [6.07, 6.45) is 0.0841. The second kappa shape index (κ2) is 9.30. The van der Waals surface area contributed by atoms with Gasteiger partial charge in [-0.3, -0.25) is 9.59 Å². The number of aliphatic carboxylic acids is 1. The summed E-state index contributed by atoms with van der Waals surface area (Å²) in [6.45, 7) is -0.0359. The second-order valence-corrected chi connectivity index (χ2v) is 7.42. The highest BCUT2D eigenvalue weighted by Gasteiger charge is 2.23. The van der Waals surface area contributed by atoms with E-state index in [1.807, 2.05) is 84.9 Å². The third-order valence-corrected chi connectivity index (χ3v) is 5.14. The lowest BCUT2D eigenvalue weighted by Crippen LogP contribution is -2.21. The van der Waals surface area contributed by atoms with Crippen LogP contribution < -0.4 is 0 Å². The highest BCUT2D eigenvalue weighted by atomic mass is 16.5. The van der Waals surface area contributed by atoms with Crippen molar-refractivity contribution in [3.05, 3.63) is 96.3 Å². The molecule has 0 saturated carbocycles. The predicted octanol–water partition coefficient (Wildman–Crippen LogP) is 5.48. The lowest BCUT2D eigenvalue weighted by molar-refractivity contribution is -0.152. The van der Waals surface area contributed by atoms with E-state index in [1.165, 1.54) is 0 Å². The first-order valence-corrected chi connectivity index (χ1v) is 10.1. The molecule has 0 saturated heterocycles. The summed E-state index contributed by atoms with van der Waals surface area (Å²) in [5.74, 6) is -1.89. The average Bonchev–Trinajstić information content (AvgIpc) is 3.21. The first-order valence-electron chi connectivity index (χ1n) is 10.1. The molecule has 0 aliphatic heterocycles. The highest BCUT2D eigenvalue weighted by molar-refractivity contribution is 5.84. The first-order chi connectivity index (χ1) is 15.1. The summed E-state index contributed by atoms with van der Waals surface area (Å²) in [5.41, 5.74) is 3.76. The molecule has 0 bridgehead atoms. The van der Waals surface area contributed by atoms with Crippen LogP contribution in [0.5, 0.6) is 0 Å². The summed E-state index contributed by atoms with van der Waals surface area (Å²) >= 11 is 0. The number of esters is 1. The van der Waals surface area contributed by atoms with Gasteiger partial charge >= 0.3 is 11.9 Å². The fraction of sp³-hybridized carbons (Fsp3) is 0.154. The standard InChI is InChI=1S/C26H22O5/c27-25(16-22(26(28)29)13-18-7-3-1-4-8-18)30-17-23-15-21-14-20(11-12-24(21)31-23)19-9-5-2-6-10-19/h1-12,14-15,22H,13,16-17H2,(H,28,29)/t22-/m0/s1. The van der Waals surface area contributed by atoms with Crippen molar-refractivity contribution in [3.8, 4) is 11.1 Å². The largest absolute Gasteiger partial charge is 0.481 e. The second-order valence-electron chi connectivity index (χ2n) is 7.42. The number of ether oxygens (including phenoxy) is 1. The van der Waals surface area contributed by atoms with E-state index in [2.05, 4.69) is 0 Å². The molecule has 5 nitrogen and oxygen atoms in total. The molecule has 156 valence electrons. The van der Waals surface area contributed by atoms with Crippen LogP contribution in [0.25, 0.3) is 22.1 Å². The Labute approximate surface area is 179 Å². The molecule has 4 rings (SSSR count). The Kier molecular flexibility index (Phi) is 6.13. The van der Waals surface area contributed by atoms with Crippen LogP contribution in [0.4, 0.5) is 0 Å². The zero-order valence-corrected chi connectivity index (χ0v) is 16.9. The van der Waals surface area contributed by atoms with E-state index in [1.54, 1.807) is 0 Å². The molecule has 0 spiro atoms. The normalized spacial score (nSPS) is 11.9. The Morgan fingerprint density at radius 2 is 1.58 bits per heavy atom. The number of rotatable bonds is 8. The number of carbonyl (C=O) groups excluding carboxylic acids is 1. The molecule has 31 heavy (non-hydrogen) atoms. The van der Waals surface area contributed by atoms with Crippen molar-refractivity contribution in [1.29, 1.82) is 0 Å². The van der Waals surface area contributed by atoms with Gasteiger partial charge in [0.2, 0.25) is 0 Å². The summed E-state index contributed by atoms with van der Waals surface area (Å²) in [5, 5.41) is 10.4. The predicted molar refractivity (Wildman–Crippen MR) is 117 cm³/mol. The van der Waals surface area contributed by atoms with Crippen LogP contribution in [0.1, 0.15) is 17.7 Å². The van der Waals surface area contributed by atoms with Crippen molar-refractivity contribution in [3.63, 3.8) is 0 Å². The molecule has 1 aromatic heterocycles. The maximum atomic E-state index is 12.2. The van der Waals surface area contributed by atoms with Gasteiger partial charge in [0.15, 0.2) is 0 Å². The van der Waals surface area contributed by atoms with Gasteiger partial charge in [0.1, 0.15) is 18.0 Å². The minimum Gasteiger partial charge on any atom is -0.481 e. The van der Waals surface area contributed by atoms with Gasteiger partial charge in [-0.25, -0.2) is 0 Å². The summed E-state index contributed by atoms with van der Waals surface area (Å²) < 4.78 is 11.1. The van der Waals surface area contributed by atoms with Crippen molar-refractivity contribution >= 4 is 22.9 Å². The van der Waals surface area contributed by atoms with Crippen LogP contribution in [-0.2, 0) is 27.4 Å². The van der Waals surface area contributed by atoms with Crippen LogP contribution in [0.2, 0.25) is 0 Å². The zero-order valence-electron chi connectivity index (χ0n) is 16.9. The summed E-state index contributed by atoms with van der Waals surface area (Å²) in [7, 11) is 0. The van der Waals surface area contributed by atoms with E-state index in [0.29, 0.717) is 11.3 Å². The number of benzene rings is 3. The average molecular weight is 414 g/mol. The van der Waals surface area contributed by atoms with Crippen LogP contribution in [0.15, 0.2) is 89.3 Å². The van der Waals surface area contributed by atoms with Crippen molar-refractivity contribution < 1.29 is 23.8 Å². The third kappa shape index (κ3) is 5.20. The van der Waals surface area contributed by atoms with Crippen molar-refractivity contribution in [2.45, 2.75) is 19.4 Å². The van der Waals surface area contributed by atoms with Gasteiger partial charge in [0.25, 0.3) is 0 Å². The van der Waals surface area contributed by atoms with Gasteiger partial charge in [0.05, 0.1) is 12.3 Å². The molecule has 0 radical (unpaired) electrons. The molecular formula is C26H22O5. The number of carboxylic acids is 1. The number of furan rings is 1. The Bertz CT molecular complexity index is 1180. The Balaban J connectivity index is 1.38. The Morgan fingerprint density at radius 3 is 2.29 bits per heavy atom. The van der Waals surface area contributed by atoms with Gasteiger partial charge < -0.3 is 14.3 Å². The molecule has 0 aliphatic rings. The minimum atomic E-state index is -1.02. The lowest BCUT2D eigenvalue weighted by atomic mass is 9.96. The monoisotopic (exact) mass is 414 g/mol. The molecule has 3 aromatic carbocycles. The Morgan fingerprint density at radius 1 is 0.871 bits per heavy atom. The van der Waals surface area contributed by atoms with Crippen molar-refractivity contribution in [2.24, 2.45) is 5.92 Å². The number of hydrogen-bond acceptors (Lipinski definition) is 4. The number of fused-ring (bicyclic) bond motifs is 1. The summed E-state index contributed by atoms with van der Waals surface area (Å²) in [6, 6.07) is 27.0. The topological polar surface area (TPSA) is 76.7 Å². The van der Waals surface area contributed by atoms with E-state index in [-0.39, 0.29) is 19.4 Å². The van der Waals surface area contributed by atoms with Crippen molar-refractivity contribution in [1.82, 2.24) is 0 Å². The molecular weight excluding hydrogens is 392 g/mol. The quantitative estimate of drug-likeness (QED) is 0.387. The van der Waals surface area contributed by atoms with Crippen LogP contribution in [-0.4, -0.2) is 17.0 Å². The number of carboxylic acid groups (broad SMARTS) is 1. The zero-order chi connectivity index (χ0) is 21.6. The minimum absolute atomic E-state index is 0.0359. The third-order valence-electron chi connectivity index (χ3n) is 5.14. The molecule has 1 N–H and O–H groups in total. The fourth-order valence-corrected chi connectivity index (χ4v) is 3.54. The molecule has 0 fully saturated rings. The SMILES string of the molecule is O=C(C[C@H](Cc1ccccc1)C(=O)O)OCc1cc2cc(-c3ccccc3)ccc2o1. The van der Waals surface area contributed by atoms with E-state index in [9.17, 15) is 14.7 Å². The van der Waals surface area contributed by atoms with E-state index >= 15 is 0 Å². The molecule has 0 unspecified atom stereocenters. The van der Waals surface area contributed by atoms with Gasteiger partial charge in [-0.1, -0.05) is 66.7 Å². The summed E-state index contributed by atoms with van der Waals surface area (Å²) in [4.78, 5) is 23.8. The first kappa shape index (κ1) is 20.4. The van der Waals surface area contributed by atoms with E-state index in [4.69, 9.17) is 9.15 Å². The van der Waals surface area contributed by atoms with Gasteiger partial charge in [-0.05, 0) is 41.3 Å². The van der Waals surface area contributed by atoms with Gasteiger partial charge in [0, 0.05) is 5.39 Å². The van der Waals surface area contributed by atoms with E-state index in [0.717, 1.165) is 22.1 Å². The van der Waals surface area contributed by atoms with Crippen LogP contribution in [0, 0.1) is 5.92 Å². The molecule has 5 heteroatoms.